The molecule has 9 rings (SSSR count). The monoisotopic (exact) mass is 860 g/mol. The zero-order valence-electron chi connectivity index (χ0n) is 36.2. The predicted octanol–water partition coefficient (Wildman–Crippen LogP) is 5.62. The van der Waals surface area contributed by atoms with Gasteiger partial charge in [0.05, 0.1) is 44.4 Å². The average Bonchev–Trinajstić information content (AvgIpc) is 3.95. The lowest BCUT2D eigenvalue weighted by Crippen LogP contribution is -2.54. The molecule has 4 amide bonds. The topological polar surface area (TPSA) is 193 Å². The molecular formula is C47H56N8O8. The van der Waals surface area contributed by atoms with Gasteiger partial charge in [-0.05, 0) is 110 Å². The zero-order valence-corrected chi connectivity index (χ0v) is 36.2. The molecule has 5 fully saturated rings. The van der Waals surface area contributed by atoms with E-state index in [9.17, 15) is 19.2 Å². The maximum Gasteiger partial charge on any atom is 0.407 e. The Morgan fingerprint density at radius 3 is 2.00 bits per heavy atom. The summed E-state index contributed by atoms with van der Waals surface area (Å²) in [7, 11) is 2.62. The molecule has 16 heteroatoms. The summed E-state index contributed by atoms with van der Waals surface area (Å²) < 4.78 is 20.9. The van der Waals surface area contributed by atoms with E-state index in [1.807, 2.05) is 35.1 Å². The summed E-state index contributed by atoms with van der Waals surface area (Å²) in [5.74, 6) is 8.40. The number of piperidine rings is 1. The first kappa shape index (κ1) is 42.4. The number of nitrogens with zero attached hydrogens (tertiary/aromatic N) is 4. The second-order valence-corrected chi connectivity index (χ2v) is 17.7. The number of alkyl carbamates (subject to hydrolysis) is 2. The van der Waals surface area contributed by atoms with E-state index < -0.39 is 24.3 Å². The van der Waals surface area contributed by atoms with Gasteiger partial charge < -0.3 is 49.3 Å². The minimum absolute atomic E-state index is 0.0209. The van der Waals surface area contributed by atoms with E-state index in [-0.39, 0.29) is 47.8 Å². The minimum Gasteiger partial charge on any atom is -0.453 e. The lowest BCUT2D eigenvalue weighted by Gasteiger charge is -2.36. The third-order valence-corrected chi connectivity index (χ3v) is 14.1. The van der Waals surface area contributed by atoms with Crippen LogP contribution in [0, 0.1) is 35.5 Å². The summed E-state index contributed by atoms with van der Waals surface area (Å²) >= 11 is 0. The highest BCUT2D eigenvalue weighted by atomic mass is 16.5. The molecule has 16 nitrogen and oxygen atoms in total. The smallest absolute Gasteiger partial charge is 0.407 e. The number of ether oxygens (including phenoxy) is 4. The van der Waals surface area contributed by atoms with Crippen molar-refractivity contribution in [2.75, 3.05) is 40.6 Å². The van der Waals surface area contributed by atoms with Gasteiger partial charge in [0, 0.05) is 49.6 Å². The molecule has 332 valence electrons. The number of H-pyrrole nitrogens is 2. The number of carbonyl (C=O) groups excluding carboxylic acids is 4. The van der Waals surface area contributed by atoms with Crippen LogP contribution < -0.4 is 10.6 Å². The Kier molecular flexibility index (Phi) is 12.1. The van der Waals surface area contributed by atoms with Crippen molar-refractivity contribution in [1.29, 1.82) is 0 Å². The number of hydrogen-bond donors (Lipinski definition) is 4. The maximum absolute atomic E-state index is 14.3. The Morgan fingerprint density at radius 2 is 1.33 bits per heavy atom. The van der Waals surface area contributed by atoms with Crippen LogP contribution in [-0.4, -0.2) is 119 Å². The van der Waals surface area contributed by atoms with E-state index in [2.05, 4.69) is 63.6 Å². The largest absolute Gasteiger partial charge is 0.453 e. The van der Waals surface area contributed by atoms with Crippen LogP contribution in [0.15, 0.2) is 48.8 Å². The SMILES string of the molecule is COC(=O)NC(C(=O)N1[C@@H](C)CC[C@H]1c1ncc(-c2ccc3cc(C#Cc4cnc([C@@H]5CC6C(C)C6N5C(=O)[C@@H](NC(=O)OC)C5CCOCC5)[nH]4)ccc3c2)[nH]1)C1CCOCC1. The number of likely N-dealkylation sites (tertiary alicyclic amines) is 2. The highest BCUT2D eigenvalue weighted by Gasteiger charge is 2.62. The molecule has 0 spiro atoms. The van der Waals surface area contributed by atoms with Crippen LogP contribution in [-0.2, 0) is 28.5 Å². The molecular weight excluding hydrogens is 805 g/mol. The summed E-state index contributed by atoms with van der Waals surface area (Å²) in [6.45, 7) is 6.43. The van der Waals surface area contributed by atoms with Crippen molar-refractivity contribution in [1.82, 2.24) is 40.4 Å². The van der Waals surface area contributed by atoms with E-state index in [0.717, 1.165) is 46.9 Å². The first-order valence-electron chi connectivity index (χ1n) is 22.3. The molecule has 8 atom stereocenters. The van der Waals surface area contributed by atoms with Crippen molar-refractivity contribution in [3.63, 3.8) is 0 Å². The van der Waals surface area contributed by atoms with Gasteiger partial charge in [0.1, 0.15) is 29.4 Å². The standard InChI is InChI=1S/C47H56N8O8/c1-26-5-12-37(54(26)44(56)39(52-46(58)60-3)29-13-17-62-18-14-29)42-49-25-36(51-42)33-10-9-31-21-28(6-8-32(31)22-33)7-11-34-24-48-43(50-34)38-23-35-27(2)41(35)55(38)45(57)40(53-47(59)61-4)30-15-19-63-20-16-30/h6,8-10,21-22,24-27,29-30,35,37-41H,5,12-20,23H2,1-4H3,(H,48,50)(H,49,51)(H,52,58)(H,53,59)/t26-,27?,35?,37-,38-,39?,40-,41?/m0/s1. The molecule has 4 unspecified atom stereocenters. The summed E-state index contributed by atoms with van der Waals surface area (Å²) in [5.41, 5.74) is 3.31. The molecule has 6 heterocycles. The van der Waals surface area contributed by atoms with Crippen LogP contribution in [0.1, 0.15) is 93.8 Å². The van der Waals surface area contributed by atoms with E-state index in [1.165, 1.54) is 14.2 Å². The number of benzene rings is 2. The second kappa shape index (κ2) is 18.1. The molecule has 0 bridgehead atoms. The molecule has 2 aromatic carbocycles. The molecule has 4 N–H and O–H groups in total. The molecule has 63 heavy (non-hydrogen) atoms. The van der Waals surface area contributed by atoms with Gasteiger partial charge in [0.2, 0.25) is 11.8 Å². The van der Waals surface area contributed by atoms with Gasteiger partial charge in [-0.2, -0.15) is 0 Å². The van der Waals surface area contributed by atoms with Crippen LogP contribution in [0.2, 0.25) is 0 Å². The number of hydrogen-bond acceptors (Lipinski definition) is 10. The van der Waals surface area contributed by atoms with Gasteiger partial charge in [0.15, 0.2) is 0 Å². The highest BCUT2D eigenvalue weighted by molar-refractivity contribution is 5.89. The quantitative estimate of drug-likeness (QED) is 0.154. The number of carbonyl (C=O) groups is 4. The van der Waals surface area contributed by atoms with Crippen molar-refractivity contribution < 1.29 is 38.1 Å². The fraction of sp³-hybridized carbons (Fsp3) is 0.532. The molecule has 4 aliphatic heterocycles. The predicted molar refractivity (Wildman–Crippen MR) is 231 cm³/mol. The number of amides is 4. The van der Waals surface area contributed by atoms with Gasteiger partial charge in [-0.15, -0.1) is 0 Å². The lowest BCUT2D eigenvalue weighted by molar-refractivity contribution is -0.139. The Bertz CT molecular complexity index is 2410. The van der Waals surface area contributed by atoms with Gasteiger partial charge in [-0.1, -0.05) is 31.0 Å². The summed E-state index contributed by atoms with van der Waals surface area (Å²) in [5, 5.41) is 7.75. The number of methoxy groups -OCH3 is 2. The normalized spacial score (nSPS) is 25.7. The molecule has 4 saturated heterocycles. The first-order chi connectivity index (χ1) is 30.6. The van der Waals surface area contributed by atoms with Crippen molar-refractivity contribution in [2.45, 2.75) is 95.0 Å². The third-order valence-electron chi connectivity index (χ3n) is 14.1. The van der Waals surface area contributed by atoms with Crippen LogP contribution in [0.3, 0.4) is 0 Å². The van der Waals surface area contributed by atoms with Crippen LogP contribution in [0.4, 0.5) is 9.59 Å². The van der Waals surface area contributed by atoms with Gasteiger partial charge >= 0.3 is 12.2 Å². The van der Waals surface area contributed by atoms with E-state index >= 15 is 0 Å². The van der Waals surface area contributed by atoms with E-state index in [0.29, 0.717) is 81.3 Å². The first-order valence-corrected chi connectivity index (χ1v) is 22.3. The maximum atomic E-state index is 14.3. The number of fused-ring (bicyclic) bond motifs is 2. The molecule has 0 radical (unpaired) electrons. The Hall–Kier alpha value is -5.92. The third kappa shape index (κ3) is 8.60. The lowest BCUT2D eigenvalue weighted by atomic mass is 9.90. The number of aromatic amines is 2. The number of nitrogens with one attached hydrogen (secondary N) is 4. The molecule has 1 aliphatic carbocycles. The van der Waals surface area contributed by atoms with Crippen molar-refractivity contribution in [3.05, 3.63) is 71.7 Å². The van der Waals surface area contributed by atoms with E-state index in [1.54, 1.807) is 6.20 Å². The van der Waals surface area contributed by atoms with Crippen LogP contribution >= 0.6 is 0 Å². The summed E-state index contributed by atoms with van der Waals surface area (Å²) in [6.07, 6.45) is 7.42. The molecule has 2 aromatic heterocycles. The van der Waals surface area contributed by atoms with Crippen molar-refractivity contribution >= 4 is 34.8 Å². The number of imidazole rings is 2. The Labute approximate surface area is 366 Å². The van der Waals surface area contributed by atoms with Gasteiger partial charge in [-0.25, -0.2) is 19.6 Å². The summed E-state index contributed by atoms with van der Waals surface area (Å²) in [4.78, 5) is 73.5. The van der Waals surface area contributed by atoms with Gasteiger partial charge in [0.25, 0.3) is 0 Å². The van der Waals surface area contributed by atoms with Crippen LogP contribution in [0.5, 0.6) is 0 Å². The highest BCUT2D eigenvalue weighted by Crippen LogP contribution is 2.57. The second-order valence-electron chi connectivity index (χ2n) is 17.7. The zero-order chi connectivity index (χ0) is 43.8. The molecule has 4 aromatic rings. The Morgan fingerprint density at radius 1 is 0.730 bits per heavy atom. The number of rotatable bonds is 9. The fourth-order valence-corrected chi connectivity index (χ4v) is 10.5. The van der Waals surface area contributed by atoms with Crippen molar-refractivity contribution in [3.8, 4) is 23.1 Å². The van der Waals surface area contributed by atoms with Crippen LogP contribution in [0.25, 0.3) is 22.0 Å². The number of aromatic nitrogens is 4. The summed E-state index contributed by atoms with van der Waals surface area (Å²) in [6, 6.07) is 10.5. The molecule has 1 saturated carbocycles. The molecule has 5 aliphatic rings. The van der Waals surface area contributed by atoms with Gasteiger partial charge in [-0.3, -0.25) is 9.59 Å². The minimum atomic E-state index is -0.708. The average molecular weight is 861 g/mol. The fourth-order valence-electron chi connectivity index (χ4n) is 10.5. The van der Waals surface area contributed by atoms with E-state index in [4.69, 9.17) is 28.9 Å². The van der Waals surface area contributed by atoms with Crippen molar-refractivity contribution in [2.24, 2.45) is 23.7 Å². The Balaban J connectivity index is 0.883.